The number of carbonyl (C=O) groups excluding carboxylic acids is 13. The number of nitrogens with one attached hydrogen (secondary N) is 8. The molecule has 6 rings (SSSR count). The molecule has 0 unspecified atom stereocenters. The Morgan fingerprint density at radius 1 is 0.841 bits per heavy atom. The smallest absolute Gasteiger partial charge is 0.409 e. The average molecular weight is 1620 g/mol. The summed E-state index contributed by atoms with van der Waals surface area (Å²) < 4.78 is 29.5. The summed E-state index contributed by atoms with van der Waals surface area (Å²) >= 11 is 7.83. The van der Waals surface area contributed by atoms with Crippen molar-refractivity contribution in [1.82, 2.24) is 52.3 Å². The zero-order valence-corrected chi connectivity index (χ0v) is 65.7. The number of alkyl carbamates (subject to hydrolysis) is 1. The number of imide groups is 1. The van der Waals surface area contributed by atoms with Crippen molar-refractivity contribution < 1.29 is 106 Å². The number of primary amides is 1. The van der Waals surface area contributed by atoms with Crippen molar-refractivity contribution >= 4 is 118 Å². The van der Waals surface area contributed by atoms with Gasteiger partial charge in [-0.1, -0.05) is 54.5 Å². The number of methoxy groups -OCH3 is 2. The molecule has 0 aliphatic carbocycles. The molecule has 4 aliphatic rings. The minimum atomic E-state index is -1.96. The molecule has 2 fully saturated rings. The molecule has 2 saturated heterocycles. The first kappa shape index (κ1) is 91.3. The maximum Gasteiger partial charge on any atom is 0.409 e. The summed E-state index contributed by atoms with van der Waals surface area (Å²) in [7, 11) is 5.64. The highest BCUT2D eigenvalue weighted by atomic mass is 35.5. The molecular formula is C73H103ClN16O22S. The number of thioether (sulfide) groups is 1. The number of rotatable bonds is 38. The molecule has 2 aromatic carbocycles. The van der Waals surface area contributed by atoms with E-state index < -0.39 is 181 Å². The van der Waals surface area contributed by atoms with E-state index in [2.05, 4.69) is 47.5 Å². The van der Waals surface area contributed by atoms with Gasteiger partial charge in [0.25, 0.3) is 11.8 Å². The molecule has 0 radical (unpaired) electrons. The molecule has 0 saturated carbocycles. The number of epoxide rings is 1. The van der Waals surface area contributed by atoms with Crippen LogP contribution in [0.4, 0.5) is 15.3 Å². The van der Waals surface area contributed by atoms with E-state index >= 15 is 0 Å². The van der Waals surface area contributed by atoms with Gasteiger partial charge < -0.3 is 109 Å². The Hall–Kier alpha value is -10.6. The Kier molecular flexibility index (Phi) is 34.6. The second-order valence-electron chi connectivity index (χ2n) is 27.9. The van der Waals surface area contributed by atoms with Crippen LogP contribution in [0.15, 0.2) is 77.3 Å². The van der Waals surface area contributed by atoms with Gasteiger partial charge in [-0.3, -0.25) is 63.2 Å². The number of aliphatic hydroxyl groups is 1. The van der Waals surface area contributed by atoms with Gasteiger partial charge in [0, 0.05) is 90.5 Å². The highest BCUT2D eigenvalue weighted by Gasteiger charge is 2.64. The second kappa shape index (κ2) is 42.9. The summed E-state index contributed by atoms with van der Waals surface area (Å²) in [5.41, 5.74) is 20.9. The number of guanidine groups is 1. The van der Waals surface area contributed by atoms with Crippen LogP contribution in [-0.4, -0.2) is 259 Å². The maximum absolute atomic E-state index is 14.6. The fourth-order valence-electron chi connectivity index (χ4n) is 12.6. The van der Waals surface area contributed by atoms with Crippen LogP contribution in [0, 0.1) is 5.92 Å². The predicted molar refractivity (Wildman–Crippen MR) is 411 cm³/mol. The van der Waals surface area contributed by atoms with E-state index in [0.717, 1.165) is 34.4 Å². The molecule has 113 heavy (non-hydrogen) atoms. The standard InChI is InChI=1S/C73H103ClN16O22S/c1-39-14-11-18-53(109-8)73(107)35-52(110-71(106)87-73)40(2)62-72(4,112-62)54(34-60(97)89(6)50-32-43(30-39)33-51(108-7)61(50)74)111-68(104)41(3)88(5)57(94)25-29-113-38-56(93)83-46(17-13-28-81-70(78)105)65(100)85-47(66(101)86-48(67(102)103)31-42-19-21-44(91)22-20-42)16-9-10-26-79-64(99)49(84-55(92)37-90-58(95)23-24-59(90)96)36-82-63(98)45(75)15-12-27-80-69(76)77/h11,14,18-24,32-33,40-41,45-49,52-54,62,91,107H,9-10,12-13,15-17,25-31,34-38,75H2,1-8H3,(H,79,99)(H,82,98)(H,83,93)(H,84,92)(H,85,100)(H,86,101)(H,87,106)(H,102,103)(H4,76,77,80)(H3,78,81,105)/b18-11+,39-14+/t40-,41+,45+,46+,47+,48+,49+,52+,53-,54+,62+,72+,73+/m1/s1. The first-order valence-corrected chi connectivity index (χ1v) is 38.0. The van der Waals surface area contributed by atoms with Gasteiger partial charge in [-0.2, -0.15) is 11.8 Å². The van der Waals surface area contributed by atoms with E-state index in [9.17, 15) is 82.4 Å². The van der Waals surface area contributed by atoms with E-state index in [1.807, 2.05) is 6.92 Å². The molecule has 38 nitrogen and oxygen atoms in total. The van der Waals surface area contributed by atoms with E-state index in [0.29, 0.717) is 28.9 Å². The lowest BCUT2D eigenvalue weighted by Gasteiger charge is -2.42. The summed E-state index contributed by atoms with van der Waals surface area (Å²) in [5, 5.41) is 52.2. The van der Waals surface area contributed by atoms with Gasteiger partial charge in [0.2, 0.25) is 47.3 Å². The van der Waals surface area contributed by atoms with E-state index in [1.165, 1.54) is 64.4 Å². The van der Waals surface area contributed by atoms with Crippen molar-refractivity contribution in [2.24, 2.45) is 33.8 Å². The number of aliphatic imine (C=N–C) groups is 1. The third kappa shape index (κ3) is 27.3. The summed E-state index contributed by atoms with van der Waals surface area (Å²) in [6, 6.07) is -0.386. The number of unbranched alkanes of at least 4 members (excludes halogenated alkanes) is 1. The monoisotopic (exact) mass is 1620 g/mol. The quantitative estimate of drug-likeness (QED) is 0.00934. The molecule has 2 aromatic rings. The van der Waals surface area contributed by atoms with Crippen LogP contribution < -0.4 is 75.1 Å². The van der Waals surface area contributed by atoms with Gasteiger partial charge in [-0.25, -0.2) is 19.2 Å². The number of aromatic hydroxyl groups is 1. The van der Waals surface area contributed by atoms with Gasteiger partial charge in [0.1, 0.15) is 77.2 Å². The number of carbonyl (C=O) groups is 14. The van der Waals surface area contributed by atoms with Crippen molar-refractivity contribution in [1.29, 1.82) is 0 Å². The normalized spacial score (nSPS) is 22.4. The topological polar surface area (TPSA) is 572 Å². The van der Waals surface area contributed by atoms with Gasteiger partial charge in [-0.15, -0.1) is 0 Å². The van der Waals surface area contributed by atoms with E-state index in [4.69, 9.17) is 58.2 Å². The average Bonchev–Trinajstić information content (AvgIpc) is 1.57. The first-order chi connectivity index (χ1) is 53.4. The van der Waals surface area contributed by atoms with Crippen LogP contribution in [-0.2, 0) is 89.3 Å². The number of carboxylic acids is 1. The number of hydrogen-bond donors (Lipinski definition) is 15. The van der Waals surface area contributed by atoms with E-state index in [-0.39, 0.29) is 117 Å². The third-order valence-corrected chi connectivity index (χ3v) is 20.7. The number of halogens is 1. The molecule has 4 aliphatic heterocycles. The number of urea groups is 1. The number of phenolic OH excluding ortho intramolecular Hbond substituents is 1. The fourth-order valence-corrected chi connectivity index (χ4v) is 13.6. The van der Waals surface area contributed by atoms with Gasteiger partial charge >= 0.3 is 24.1 Å². The molecule has 4 heterocycles. The number of carboxylic acid groups (broad SMARTS) is 1. The minimum absolute atomic E-state index is 0.0162. The Bertz CT molecular complexity index is 3920. The lowest BCUT2D eigenvalue weighted by molar-refractivity contribution is -0.162. The Morgan fingerprint density at radius 3 is 2.13 bits per heavy atom. The Balaban J connectivity index is 1.12. The van der Waals surface area contributed by atoms with Gasteiger partial charge in [0.15, 0.2) is 11.7 Å². The number of esters is 1. The minimum Gasteiger partial charge on any atom is -0.508 e. The molecule has 620 valence electrons. The van der Waals surface area contributed by atoms with Crippen LogP contribution >= 0.6 is 23.4 Å². The zero-order chi connectivity index (χ0) is 83.6. The molecular weight excluding hydrogens is 1520 g/mol. The number of nitrogens with two attached hydrogens (primary N) is 4. The number of likely N-dealkylation sites (N-methyl/N-ethyl adjacent to an activating group) is 1. The Labute approximate surface area is 661 Å². The summed E-state index contributed by atoms with van der Waals surface area (Å²) in [4.78, 5) is 194. The number of allylic oxidation sites excluding steroid dienone is 3. The number of nitrogens with zero attached hydrogens (tertiary/aromatic N) is 4. The fraction of sp³-hybridized carbons (Fsp3) is 0.548. The number of anilines is 1. The largest absolute Gasteiger partial charge is 0.508 e. The van der Waals surface area contributed by atoms with Crippen LogP contribution in [0.2, 0.25) is 5.02 Å². The van der Waals surface area contributed by atoms with Crippen molar-refractivity contribution in [3.63, 3.8) is 0 Å². The number of benzene rings is 2. The molecule has 0 aromatic heterocycles. The van der Waals surface area contributed by atoms with Gasteiger partial charge in [-0.05, 0) is 108 Å². The molecule has 13 amide bonds. The number of ether oxygens (including phenoxy) is 5. The SMILES string of the molecule is COc1cc2cc(c1Cl)N(C)C(=O)C[C@H](OC(=O)[C@H](C)N(C)C(=O)CCSCC(=O)N[C@@H](CCCNC(N)=O)C(=O)N[C@@H](CCCCNC(=O)[C@H](CNC(=O)[C@@H](N)CCCN=C(N)N)NC(=O)CN1C(=O)C=CC1=O)C(=O)N[C@@H](Cc1ccc(O)cc1)C(=O)O)[C@]1(C)O[C@H]1[C@H](C)[C@@H]1C[C@@](O)(NC(=O)O1)[C@H](OC)/C=C/C=C(\C)C2. The summed E-state index contributed by atoms with van der Waals surface area (Å²) in [5.74, 6) is -11.3. The van der Waals surface area contributed by atoms with Crippen LogP contribution in [0.1, 0.15) is 103 Å². The van der Waals surface area contributed by atoms with Crippen LogP contribution in [0.25, 0.3) is 0 Å². The highest BCUT2D eigenvalue weighted by molar-refractivity contribution is 7.99. The highest BCUT2D eigenvalue weighted by Crippen LogP contribution is 2.49. The lowest BCUT2D eigenvalue weighted by atomic mass is 9.83. The summed E-state index contributed by atoms with van der Waals surface area (Å²) in [6.07, 6.45) is 1.13. The molecule has 13 atom stereocenters. The number of hydrogen-bond acceptors (Lipinski definition) is 24. The van der Waals surface area contributed by atoms with Crippen molar-refractivity contribution in [3.05, 3.63) is 88.5 Å². The van der Waals surface area contributed by atoms with Crippen molar-refractivity contribution in [2.45, 2.75) is 177 Å². The van der Waals surface area contributed by atoms with Crippen molar-refractivity contribution in [2.75, 3.05) is 77.4 Å². The van der Waals surface area contributed by atoms with Crippen LogP contribution in [0.5, 0.6) is 11.5 Å². The lowest BCUT2D eigenvalue weighted by Crippen LogP contribution is -2.63. The summed E-state index contributed by atoms with van der Waals surface area (Å²) in [6.45, 7) is 5.24. The number of amides is 13. The predicted octanol–water partition coefficient (Wildman–Crippen LogP) is -1.23. The molecule has 4 bridgehead atoms. The van der Waals surface area contributed by atoms with E-state index in [1.54, 1.807) is 44.2 Å². The number of phenols is 1. The molecule has 0 spiro atoms. The van der Waals surface area contributed by atoms with Gasteiger partial charge in [0.05, 0.1) is 37.1 Å². The molecule has 19 N–H and O–H groups in total. The first-order valence-electron chi connectivity index (χ1n) is 36.4. The number of fused-ring (bicyclic) bond motifs is 5. The second-order valence-corrected chi connectivity index (χ2v) is 29.4. The Morgan fingerprint density at radius 2 is 1.49 bits per heavy atom. The number of aliphatic carboxylic acids is 1. The maximum atomic E-state index is 14.6. The van der Waals surface area contributed by atoms with Crippen LogP contribution in [0.3, 0.4) is 0 Å². The third-order valence-electron chi connectivity index (χ3n) is 19.3. The van der Waals surface area contributed by atoms with Crippen molar-refractivity contribution in [3.8, 4) is 11.5 Å². The zero-order valence-electron chi connectivity index (χ0n) is 64.1. The molecule has 40 heteroatoms.